The third-order valence-corrected chi connectivity index (χ3v) is 3.68. The van der Waals surface area contributed by atoms with Crippen LogP contribution in [0.3, 0.4) is 0 Å². The first kappa shape index (κ1) is 19.4. The summed E-state index contributed by atoms with van der Waals surface area (Å²) in [5.74, 6) is -1.93. The first-order valence-electron chi connectivity index (χ1n) is 7.92. The van der Waals surface area contributed by atoms with Crippen LogP contribution >= 0.6 is 0 Å². The van der Waals surface area contributed by atoms with E-state index < -0.39 is 36.2 Å². The lowest BCUT2D eigenvalue weighted by molar-refractivity contribution is -0.148. The Morgan fingerprint density at radius 2 is 1.81 bits per heavy atom. The number of halogens is 2. The van der Waals surface area contributed by atoms with E-state index in [1.165, 1.54) is 6.07 Å². The first-order chi connectivity index (χ1) is 12.4. The smallest absolute Gasteiger partial charge is 0.310 e. The minimum atomic E-state index is -0.755. The summed E-state index contributed by atoms with van der Waals surface area (Å²) in [6.45, 7) is 1.07. The molecule has 2 aromatic carbocycles. The molecule has 0 bridgehead atoms. The van der Waals surface area contributed by atoms with Gasteiger partial charge in [-0.1, -0.05) is 18.2 Å². The van der Waals surface area contributed by atoms with Crippen molar-refractivity contribution in [1.29, 1.82) is 0 Å². The molecule has 2 aromatic rings. The number of carbonyl (C=O) groups is 2. The van der Waals surface area contributed by atoms with Crippen molar-refractivity contribution in [3.63, 3.8) is 0 Å². The van der Waals surface area contributed by atoms with Crippen molar-refractivity contribution in [3.8, 4) is 5.75 Å². The second kappa shape index (κ2) is 8.94. The predicted octanol–water partition coefficient (Wildman–Crippen LogP) is 2.94. The summed E-state index contributed by atoms with van der Waals surface area (Å²) in [6.07, 6.45) is 0.0133. The predicted molar refractivity (Wildman–Crippen MR) is 90.6 cm³/mol. The van der Waals surface area contributed by atoms with Crippen LogP contribution in [0, 0.1) is 11.6 Å². The van der Waals surface area contributed by atoms with Crippen molar-refractivity contribution in [2.75, 3.05) is 13.7 Å². The summed E-state index contributed by atoms with van der Waals surface area (Å²) in [7, 11) is 1.54. The average Bonchev–Trinajstić information content (AvgIpc) is 2.60. The highest BCUT2D eigenvalue weighted by Gasteiger charge is 2.15. The van der Waals surface area contributed by atoms with Gasteiger partial charge in [0.25, 0.3) is 5.91 Å². The molecule has 138 valence electrons. The summed E-state index contributed by atoms with van der Waals surface area (Å²) in [5, 5.41) is 2.50. The van der Waals surface area contributed by atoms with Crippen molar-refractivity contribution < 1.29 is 27.8 Å². The van der Waals surface area contributed by atoms with Crippen molar-refractivity contribution in [2.45, 2.75) is 19.4 Å². The minimum Gasteiger partial charge on any atom is -0.497 e. The standard InChI is InChI=1S/C19H19F2NO4/c1-12(16-8-5-14(20)10-17(16)21)22-18(23)11-26-19(24)9-13-3-6-15(25-2)7-4-13/h3-8,10,12H,9,11H2,1-2H3,(H,22,23)/t12-/m1/s1. The zero-order chi connectivity index (χ0) is 19.1. The molecule has 1 N–H and O–H groups in total. The number of carbonyl (C=O) groups excluding carboxylic acids is 2. The maximum absolute atomic E-state index is 13.7. The number of benzene rings is 2. The Balaban J connectivity index is 1.80. The van der Waals surface area contributed by atoms with Gasteiger partial charge in [0.05, 0.1) is 19.6 Å². The maximum Gasteiger partial charge on any atom is 0.310 e. The molecule has 1 amide bonds. The normalized spacial score (nSPS) is 11.5. The van der Waals surface area contributed by atoms with E-state index in [-0.39, 0.29) is 12.0 Å². The fourth-order valence-electron chi connectivity index (χ4n) is 2.32. The molecular formula is C19H19F2NO4. The zero-order valence-corrected chi connectivity index (χ0v) is 14.4. The largest absolute Gasteiger partial charge is 0.497 e. The SMILES string of the molecule is COc1ccc(CC(=O)OCC(=O)N[C@H](C)c2ccc(F)cc2F)cc1. The van der Waals surface area contributed by atoms with Gasteiger partial charge in [0.1, 0.15) is 17.4 Å². The second-order valence-corrected chi connectivity index (χ2v) is 5.64. The summed E-state index contributed by atoms with van der Waals surface area (Å²) >= 11 is 0. The molecule has 0 saturated heterocycles. The van der Waals surface area contributed by atoms with E-state index in [0.717, 1.165) is 17.7 Å². The number of methoxy groups -OCH3 is 1. The molecule has 2 rings (SSSR count). The van der Waals surface area contributed by atoms with Crippen LogP contribution in [-0.2, 0) is 20.7 Å². The molecular weight excluding hydrogens is 344 g/mol. The summed E-state index contributed by atoms with van der Waals surface area (Å²) < 4.78 is 36.5. The Bertz CT molecular complexity index is 778. The van der Waals surface area contributed by atoms with Gasteiger partial charge in [-0.05, 0) is 30.7 Å². The third kappa shape index (κ3) is 5.54. The number of rotatable bonds is 7. The van der Waals surface area contributed by atoms with E-state index in [9.17, 15) is 18.4 Å². The van der Waals surface area contributed by atoms with Gasteiger partial charge in [0, 0.05) is 11.6 Å². The molecule has 0 unspecified atom stereocenters. The van der Waals surface area contributed by atoms with E-state index in [2.05, 4.69) is 5.32 Å². The molecule has 0 saturated carbocycles. The molecule has 0 aliphatic heterocycles. The topological polar surface area (TPSA) is 64.6 Å². The highest BCUT2D eigenvalue weighted by molar-refractivity contribution is 5.81. The fourth-order valence-corrected chi connectivity index (χ4v) is 2.32. The molecule has 7 heteroatoms. The Labute approximate surface area is 149 Å². The quantitative estimate of drug-likeness (QED) is 0.769. The Hall–Kier alpha value is -2.96. The molecule has 5 nitrogen and oxygen atoms in total. The van der Waals surface area contributed by atoms with Gasteiger partial charge in [-0.15, -0.1) is 0 Å². The van der Waals surface area contributed by atoms with E-state index in [0.29, 0.717) is 5.75 Å². The number of esters is 1. The van der Waals surface area contributed by atoms with E-state index >= 15 is 0 Å². The van der Waals surface area contributed by atoms with Gasteiger partial charge in [-0.25, -0.2) is 8.78 Å². The van der Waals surface area contributed by atoms with Gasteiger partial charge in [0.15, 0.2) is 6.61 Å². The highest BCUT2D eigenvalue weighted by atomic mass is 19.1. The lowest BCUT2D eigenvalue weighted by Gasteiger charge is -2.15. The van der Waals surface area contributed by atoms with Crippen molar-refractivity contribution >= 4 is 11.9 Å². The lowest BCUT2D eigenvalue weighted by Crippen LogP contribution is -2.31. The van der Waals surface area contributed by atoms with Crippen LogP contribution in [0.4, 0.5) is 8.78 Å². The van der Waals surface area contributed by atoms with Gasteiger partial charge < -0.3 is 14.8 Å². The van der Waals surface area contributed by atoms with Crippen molar-refractivity contribution in [2.24, 2.45) is 0 Å². The highest BCUT2D eigenvalue weighted by Crippen LogP contribution is 2.17. The minimum absolute atomic E-state index is 0.0133. The second-order valence-electron chi connectivity index (χ2n) is 5.64. The van der Waals surface area contributed by atoms with Gasteiger partial charge in [0.2, 0.25) is 0 Å². The Morgan fingerprint density at radius 1 is 1.12 bits per heavy atom. The number of amides is 1. The van der Waals surface area contributed by atoms with Crippen molar-refractivity contribution in [3.05, 3.63) is 65.2 Å². The van der Waals surface area contributed by atoms with Crippen LogP contribution in [0.2, 0.25) is 0 Å². The van der Waals surface area contributed by atoms with E-state index in [1.54, 1.807) is 38.3 Å². The first-order valence-corrected chi connectivity index (χ1v) is 7.92. The van der Waals surface area contributed by atoms with Gasteiger partial charge >= 0.3 is 5.97 Å². The van der Waals surface area contributed by atoms with Crippen LogP contribution in [0.25, 0.3) is 0 Å². The molecule has 0 heterocycles. The number of hydrogen-bond acceptors (Lipinski definition) is 4. The summed E-state index contributed by atoms with van der Waals surface area (Å²) in [4.78, 5) is 23.6. The van der Waals surface area contributed by atoms with Crippen LogP contribution in [0.1, 0.15) is 24.1 Å². The molecule has 0 spiro atoms. The molecule has 0 aliphatic carbocycles. The summed E-state index contributed by atoms with van der Waals surface area (Å²) in [5.41, 5.74) is 0.863. The number of ether oxygens (including phenoxy) is 2. The molecule has 0 aliphatic rings. The number of nitrogens with one attached hydrogen (secondary N) is 1. The van der Waals surface area contributed by atoms with Crippen LogP contribution in [0.15, 0.2) is 42.5 Å². The van der Waals surface area contributed by atoms with Crippen LogP contribution < -0.4 is 10.1 Å². The van der Waals surface area contributed by atoms with Crippen LogP contribution in [0.5, 0.6) is 5.75 Å². The summed E-state index contributed by atoms with van der Waals surface area (Å²) in [6, 6.07) is 9.29. The monoisotopic (exact) mass is 363 g/mol. The molecule has 1 atom stereocenters. The Morgan fingerprint density at radius 3 is 2.42 bits per heavy atom. The molecule has 0 fully saturated rings. The number of hydrogen-bond donors (Lipinski definition) is 1. The van der Waals surface area contributed by atoms with Gasteiger partial charge in [-0.3, -0.25) is 9.59 Å². The fraction of sp³-hybridized carbons (Fsp3) is 0.263. The average molecular weight is 363 g/mol. The van der Waals surface area contributed by atoms with E-state index in [4.69, 9.17) is 9.47 Å². The molecule has 26 heavy (non-hydrogen) atoms. The van der Waals surface area contributed by atoms with Crippen LogP contribution in [-0.4, -0.2) is 25.6 Å². The molecule has 0 aromatic heterocycles. The van der Waals surface area contributed by atoms with Crippen molar-refractivity contribution in [1.82, 2.24) is 5.32 Å². The lowest BCUT2D eigenvalue weighted by atomic mass is 10.1. The third-order valence-electron chi connectivity index (χ3n) is 3.68. The van der Waals surface area contributed by atoms with E-state index in [1.807, 2.05) is 0 Å². The molecule has 0 radical (unpaired) electrons. The zero-order valence-electron chi connectivity index (χ0n) is 14.4. The maximum atomic E-state index is 13.7. The van der Waals surface area contributed by atoms with Gasteiger partial charge in [-0.2, -0.15) is 0 Å². The Kier molecular flexibility index (Phi) is 6.66.